The molecule has 0 spiro atoms. The summed E-state index contributed by atoms with van der Waals surface area (Å²) in [7, 11) is 1.59. The predicted molar refractivity (Wildman–Crippen MR) is 129 cm³/mol. The number of hydrogen-bond donors (Lipinski definition) is 2. The number of carbonyl (C=O) groups excluding carboxylic acids is 2. The third-order valence-electron chi connectivity index (χ3n) is 6.39. The summed E-state index contributed by atoms with van der Waals surface area (Å²) in [6, 6.07) is 14.7. The lowest BCUT2D eigenvalue weighted by Crippen LogP contribution is -2.39. The monoisotopic (exact) mass is 458 g/mol. The normalized spacial score (nSPS) is 15.9. The van der Waals surface area contributed by atoms with Crippen LogP contribution in [0, 0.1) is 5.41 Å². The quantitative estimate of drug-likeness (QED) is 0.450. The van der Waals surface area contributed by atoms with E-state index in [0.29, 0.717) is 47.8 Å². The molecule has 1 saturated heterocycles. The van der Waals surface area contributed by atoms with Gasteiger partial charge in [-0.1, -0.05) is 0 Å². The van der Waals surface area contributed by atoms with Crippen LogP contribution in [0.25, 0.3) is 5.69 Å². The number of amides is 2. The first-order chi connectivity index (χ1) is 16.5. The standard InChI is InChI=1S/C25H26N6O3/c1-34-19-11-9-18(10-12-19)31-23-20(22(28-31)24(26)27)13-15-30(25(23)33)17-7-5-16(6-8-17)29-14-3-2-4-21(29)32/h5-12H,2-4,13-15H2,1H3,(H3,26,27). The molecule has 0 atom stereocenters. The van der Waals surface area contributed by atoms with Crippen molar-refractivity contribution in [2.45, 2.75) is 25.7 Å². The minimum atomic E-state index is -0.209. The van der Waals surface area contributed by atoms with E-state index < -0.39 is 0 Å². The number of carbonyl (C=O) groups is 2. The maximum atomic E-state index is 13.7. The summed E-state index contributed by atoms with van der Waals surface area (Å²) in [5.41, 5.74) is 9.48. The van der Waals surface area contributed by atoms with Gasteiger partial charge in [0.2, 0.25) is 5.91 Å². The molecule has 0 unspecified atom stereocenters. The molecule has 2 aliphatic rings. The molecule has 2 aromatic carbocycles. The number of aromatic nitrogens is 2. The van der Waals surface area contributed by atoms with E-state index in [4.69, 9.17) is 15.9 Å². The van der Waals surface area contributed by atoms with Crippen molar-refractivity contribution in [1.29, 1.82) is 5.41 Å². The average Bonchev–Trinajstić information content (AvgIpc) is 3.26. The zero-order chi connectivity index (χ0) is 23.8. The number of hydrogen-bond acceptors (Lipinski definition) is 5. The Labute approximate surface area is 197 Å². The third kappa shape index (κ3) is 3.68. The molecule has 3 aromatic rings. The summed E-state index contributed by atoms with van der Waals surface area (Å²) in [4.78, 5) is 29.4. The molecule has 3 heterocycles. The zero-order valence-electron chi connectivity index (χ0n) is 19.0. The van der Waals surface area contributed by atoms with E-state index in [1.807, 2.05) is 36.4 Å². The molecule has 2 aliphatic heterocycles. The zero-order valence-corrected chi connectivity index (χ0v) is 19.0. The molecule has 1 fully saturated rings. The highest BCUT2D eigenvalue weighted by Gasteiger charge is 2.34. The summed E-state index contributed by atoms with van der Waals surface area (Å²) in [6.45, 7) is 1.17. The van der Waals surface area contributed by atoms with Crippen molar-refractivity contribution in [3.05, 3.63) is 65.5 Å². The molecule has 1 aromatic heterocycles. The molecule has 34 heavy (non-hydrogen) atoms. The van der Waals surface area contributed by atoms with Crippen molar-refractivity contribution >= 4 is 29.0 Å². The van der Waals surface area contributed by atoms with Gasteiger partial charge in [0.1, 0.15) is 23.0 Å². The average molecular weight is 459 g/mol. The predicted octanol–water partition coefficient (Wildman–Crippen LogP) is 2.88. The second kappa shape index (κ2) is 8.66. The lowest BCUT2D eigenvalue weighted by molar-refractivity contribution is -0.119. The van der Waals surface area contributed by atoms with Gasteiger partial charge >= 0.3 is 0 Å². The first kappa shape index (κ1) is 21.7. The van der Waals surface area contributed by atoms with Crippen LogP contribution in [0.1, 0.15) is 41.0 Å². The van der Waals surface area contributed by atoms with Gasteiger partial charge in [0, 0.05) is 36.4 Å². The van der Waals surface area contributed by atoms with Gasteiger partial charge in [-0.05, 0) is 67.8 Å². The van der Waals surface area contributed by atoms with Crippen molar-refractivity contribution < 1.29 is 14.3 Å². The second-order valence-corrected chi connectivity index (χ2v) is 8.42. The van der Waals surface area contributed by atoms with Crippen LogP contribution in [0.15, 0.2) is 48.5 Å². The Bertz CT molecular complexity index is 1260. The number of amidine groups is 1. The number of fused-ring (bicyclic) bond motifs is 1. The van der Waals surface area contributed by atoms with Gasteiger partial charge in [0.05, 0.1) is 12.8 Å². The molecule has 0 bridgehead atoms. The maximum Gasteiger partial charge on any atom is 0.277 e. The van der Waals surface area contributed by atoms with Crippen molar-refractivity contribution in [3.63, 3.8) is 0 Å². The molecule has 0 saturated carbocycles. The highest BCUT2D eigenvalue weighted by molar-refractivity contribution is 6.10. The summed E-state index contributed by atoms with van der Waals surface area (Å²) in [5.74, 6) is 0.453. The number of nitrogen functional groups attached to an aromatic ring is 1. The molecule has 0 radical (unpaired) electrons. The fourth-order valence-corrected chi connectivity index (χ4v) is 4.62. The van der Waals surface area contributed by atoms with Gasteiger partial charge < -0.3 is 20.3 Å². The van der Waals surface area contributed by atoms with E-state index in [0.717, 1.165) is 30.8 Å². The van der Waals surface area contributed by atoms with Gasteiger partial charge in [-0.2, -0.15) is 5.10 Å². The number of ether oxygens (including phenoxy) is 1. The minimum absolute atomic E-state index is 0.137. The van der Waals surface area contributed by atoms with Crippen LogP contribution in [0.4, 0.5) is 11.4 Å². The number of piperidine rings is 1. The lowest BCUT2D eigenvalue weighted by atomic mass is 10.0. The van der Waals surface area contributed by atoms with Crippen LogP contribution >= 0.6 is 0 Å². The van der Waals surface area contributed by atoms with Crippen LogP contribution in [0.2, 0.25) is 0 Å². The molecule has 3 N–H and O–H groups in total. The minimum Gasteiger partial charge on any atom is -0.497 e. The number of anilines is 2. The Hall–Kier alpha value is -4.14. The molecule has 9 heteroatoms. The van der Waals surface area contributed by atoms with E-state index in [9.17, 15) is 9.59 Å². The fraction of sp³-hybridized carbons (Fsp3) is 0.280. The van der Waals surface area contributed by atoms with E-state index in [2.05, 4.69) is 5.10 Å². The Morgan fingerprint density at radius 2 is 1.56 bits per heavy atom. The van der Waals surface area contributed by atoms with E-state index in [1.165, 1.54) is 0 Å². The Balaban J connectivity index is 1.49. The summed E-state index contributed by atoms with van der Waals surface area (Å²) in [6.07, 6.45) is 3.03. The third-order valence-corrected chi connectivity index (χ3v) is 6.39. The van der Waals surface area contributed by atoms with Crippen LogP contribution in [0.5, 0.6) is 5.75 Å². The number of nitrogens with zero attached hydrogens (tertiary/aromatic N) is 4. The smallest absolute Gasteiger partial charge is 0.277 e. The molecular formula is C25H26N6O3. The Morgan fingerprint density at radius 3 is 2.18 bits per heavy atom. The number of rotatable bonds is 5. The summed E-state index contributed by atoms with van der Waals surface area (Å²) >= 11 is 0. The summed E-state index contributed by atoms with van der Waals surface area (Å²) < 4.78 is 6.79. The van der Waals surface area contributed by atoms with Crippen LogP contribution in [0.3, 0.4) is 0 Å². The highest BCUT2D eigenvalue weighted by atomic mass is 16.5. The van der Waals surface area contributed by atoms with Crippen molar-refractivity contribution in [3.8, 4) is 11.4 Å². The fourth-order valence-electron chi connectivity index (χ4n) is 4.62. The van der Waals surface area contributed by atoms with E-state index in [1.54, 1.807) is 33.7 Å². The summed E-state index contributed by atoms with van der Waals surface area (Å²) in [5, 5.41) is 12.5. The van der Waals surface area contributed by atoms with Crippen LogP contribution in [-0.2, 0) is 11.2 Å². The number of methoxy groups -OCH3 is 1. The van der Waals surface area contributed by atoms with E-state index in [-0.39, 0.29) is 17.6 Å². The van der Waals surface area contributed by atoms with Gasteiger partial charge in [-0.25, -0.2) is 4.68 Å². The van der Waals surface area contributed by atoms with Crippen LogP contribution in [-0.4, -0.2) is 47.6 Å². The number of nitrogens with one attached hydrogen (secondary N) is 1. The maximum absolute atomic E-state index is 13.7. The lowest BCUT2D eigenvalue weighted by Gasteiger charge is -2.29. The van der Waals surface area contributed by atoms with Gasteiger partial charge in [-0.15, -0.1) is 0 Å². The molecule has 174 valence electrons. The molecule has 2 amide bonds. The van der Waals surface area contributed by atoms with Crippen molar-refractivity contribution in [2.24, 2.45) is 5.73 Å². The largest absolute Gasteiger partial charge is 0.497 e. The van der Waals surface area contributed by atoms with Gasteiger partial charge in [0.15, 0.2) is 0 Å². The first-order valence-electron chi connectivity index (χ1n) is 11.3. The Kier molecular flexibility index (Phi) is 5.53. The highest BCUT2D eigenvalue weighted by Crippen LogP contribution is 2.31. The number of nitrogens with two attached hydrogens (primary N) is 1. The van der Waals surface area contributed by atoms with E-state index >= 15 is 0 Å². The molecule has 0 aliphatic carbocycles. The molecule has 5 rings (SSSR count). The van der Waals surface area contributed by atoms with Crippen LogP contribution < -0.4 is 20.3 Å². The molecular weight excluding hydrogens is 432 g/mol. The van der Waals surface area contributed by atoms with Gasteiger partial charge in [0.25, 0.3) is 5.91 Å². The van der Waals surface area contributed by atoms with Crippen molar-refractivity contribution in [1.82, 2.24) is 9.78 Å². The number of benzene rings is 2. The Morgan fingerprint density at radius 1 is 0.912 bits per heavy atom. The molecule has 9 nitrogen and oxygen atoms in total. The topological polar surface area (TPSA) is 118 Å². The first-order valence-corrected chi connectivity index (χ1v) is 11.3. The van der Waals surface area contributed by atoms with Crippen molar-refractivity contribution in [2.75, 3.05) is 30.0 Å². The SMILES string of the molecule is COc1ccc(-n2nc(C(=N)N)c3c2C(=O)N(c2ccc(N4CCCCC4=O)cc2)CC3)cc1. The van der Waals surface area contributed by atoms with Gasteiger partial charge in [-0.3, -0.25) is 15.0 Å². The second-order valence-electron chi connectivity index (χ2n) is 8.42.